The number of aliphatic hydroxyl groups is 2. The highest BCUT2D eigenvalue weighted by Crippen LogP contribution is 2.19. The van der Waals surface area contributed by atoms with Crippen LogP contribution in [0.15, 0.2) is 12.1 Å². The summed E-state index contributed by atoms with van der Waals surface area (Å²) in [6, 6.07) is 2.66. The number of aromatic nitrogens is 1. The average Bonchev–Trinajstić information content (AvgIpc) is 2.13. The zero-order valence-corrected chi connectivity index (χ0v) is 12.7. The molecule has 4 N–H and O–H groups in total. The van der Waals surface area contributed by atoms with Crippen LogP contribution in [-0.4, -0.2) is 43.6 Å². The molecule has 1 aromatic rings. The molecule has 0 aliphatic rings. The molecule has 108 valence electrons. The van der Waals surface area contributed by atoms with Crippen molar-refractivity contribution >= 4 is 35.8 Å². The third-order valence-corrected chi connectivity index (χ3v) is 2.97. The van der Waals surface area contributed by atoms with Crippen LogP contribution in [0.2, 0.25) is 10.3 Å². The SMILES string of the molecule is CC(C)(O)C(C)(C)O.OB(O)c1cc(Cl)nc(Cl)c1. The molecule has 0 aliphatic heterocycles. The molecule has 0 bridgehead atoms. The Morgan fingerprint density at radius 3 is 1.47 bits per heavy atom. The maximum Gasteiger partial charge on any atom is 0.488 e. The van der Waals surface area contributed by atoms with E-state index in [1.807, 2.05) is 0 Å². The minimum atomic E-state index is -1.56. The highest BCUT2D eigenvalue weighted by Gasteiger charge is 2.31. The molecule has 5 nitrogen and oxygen atoms in total. The van der Waals surface area contributed by atoms with Crippen molar-refractivity contribution in [2.75, 3.05) is 0 Å². The second-order valence-electron chi connectivity index (χ2n) is 5.04. The zero-order chi connectivity index (χ0) is 15.4. The number of nitrogens with zero attached hydrogens (tertiary/aromatic N) is 1. The summed E-state index contributed by atoms with van der Waals surface area (Å²) >= 11 is 11.0. The summed E-state index contributed by atoms with van der Waals surface area (Å²) in [6.07, 6.45) is 0. The molecular weight excluding hydrogens is 292 g/mol. The molecule has 0 aromatic carbocycles. The van der Waals surface area contributed by atoms with Gasteiger partial charge in [0.1, 0.15) is 10.3 Å². The van der Waals surface area contributed by atoms with Crippen LogP contribution in [0, 0.1) is 0 Å². The van der Waals surface area contributed by atoms with Gasteiger partial charge >= 0.3 is 7.12 Å². The van der Waals surface area contributed by atoms with E-state index in [4.69, 9.17) is 43.5 Å². The van der Waals surface area contributed by atoms with Crippen LogP contribution >= 0.6 is 23.2 Å². The zero-order valence-electron chi connectivity index (χ0n) is 11.2. The van der Waals surface area contributed by atoms with Gasteiger partial charge in [-0.3, -0.25) is 0 Å². The summed E-state index contributed by atoms with van der Waals surface area (Å²) in [5, 5.41) is 35.9. The molecule has 0 radical (unpaired) electrons. The van der Waals surface area contributed by atoms with E-state index in [0.29, 0.717) is 0 Å². The molecule has 0 aliphatic carbocycles. The maximum atomic E-state index is 9.10. The Morgan fingerprint density at radius 1 is 0.947 bits per heavy atom. The molecular formula is C11H18BCl2NO4. The number of pyridine rings is 1. The third-order valence-electron chi connectivity index (χ3n) is 2.58. The molecule has 1 heterocycles. The first-order valence-electron chi connectivity index (χ1n) is 5.48. The van der Waals surface area contributed by atoms with Gasteiger partial charge in [-0.05, 0) is 45.3 Å². The van der Waals surface area contributed by atoms with Crippen molar-refractivity contribution in [1.29, 1.82) is 0 Å². The predicted octanol–water partition coefficient (Wildman–Crippen LogP) is 0.596. The summed E-state index contributed by atoms with van der Waals surface area (Å²) in [5.74, 6) is 0. The highest BCUT2D eigenvalue weighted by molar-refractivity contribution is 6.59. The maximum absolute atomic E-state index is 9.10. The van der Waals surface area contributed by atoms with E-state index in [1.54, 1.807) is 27.7 Å². The van der Waals surface area contributed by atoms with Crippen LogP contribution in [0.3, 0.4) is 0 Å². The Bertz CT molecular complexity index is 384. The van der Waals surface area contributed by atoms with Gasteiger partial charge in [0.05, 0.1) is 11.2 Å². The first kappa shape index (κ1) is 18.6. The van der Waals surface area contributed by atoms with Crippen LogP contribution in [0.1, 0.15) is 27.7 Å². The lowest BCUT2D eigenvalue weighted by Crippen LogP contribution is -2.44. The Kier molecular flexibility index (Phi) is 6.75. The standard InChI is InChI=1S/C6H14O2.C5H4BCl2NO2/c1-5(2,7)6(3,4)8;7-4-1-3(6(10)11)2-5(8)9-4/h7-8H,1-4H3;1-2,10-11H. The second-order valence-corrected chi connectivity index (χ2v) is 5.81. The van der Waals surface area contributed by atoms with Gasteiger partial charge in [-0.15, -0.1) is 0 Å². The van der Waals surface area contributed by atoms with Gasteiger partial charge in [-0.2, -0.15) is 0 Å². The molecule has 0 saturated carbocycles. The van der Waals surface area contributed by atoms with E-state index in [0.717, 1.165) is 0 Å². The van der Waals surface area contributed by atoms with Crippen LogP contribution in [0.25, 0.3) is 0 Å². The van der Waals surface area contributed by atoms with E-state index in [1.165, 1.54) is 12.1 Å². The van der Waals surface area contributed by atoms with Gasteiger partial charge in [-0.25, -0.2) is 4.98 Å². The van der Waals surface area contributed by atoms with Crippen molar-refractivity contribution in [2.45, 2.75) is 38.9 Å². The lowest BCUT2D eigenvalue weighted by molar-refractivity contribution is -0.107. The second kappa shape index (κ2) is 6.88. The summed E-state index contributed by atoms with van der Waals surface area (Å²) in [7, 11) is -1.56. The first-order chi connectivity index (χ1) is 8.34. The molecule has 0 atom stereocenters. The molecule has 0 amide bonds. The molecule has 0 saturated heterocycles. The molecule has 1 rings (SSSR count). The predicted molar refractivity (Wildman–Crippen MR) is 76.7 cm³/mol. The van der Waals surface area contributed by atoms with Crippen LogP contribution in [-0.2, 0) is 0 Å². The van der Waals surface area contributed by atoms with Gasteiger partial charge in [0.15, 0.2) is 0 Å². The largest absolute Gasteiger partial charge is 0.488 e. The fourth-order valence-corrected chi connectivity index (χ4v) is 1.11. The van der Waals surface area contributed by atoms with Crippen molar-refractivity contribution in [3.05, 3.63) is 22.4 Å². The fourth-order valence-electron chi connectivity index (χ4n) is 0.632. The van der Waals surface area contributed by atoms with E-state index >= 15 is 0 Å². The van der Waals surface area contributed by atoms with E-state index in [2.05, 4.69) is 4.98 Å². The Labute approximate surface area is 123 Å². The Morgan fingerprint density at radius 2 is 1.26 bits per heavy atom. The van der Waals surface area contributed by atoms with Gasteiger partial charge in [0.25, 0.3) is 0 Å². The van der Waals surface area contributed by atoms with Crippen molar-refractivity contribution in [1.82, 2.24) is 4.98 Å². The minimum Gasteiger partial charge on any atom is -0.423 e. The number of hydrogen-bond donors (Lipinski definition) is 4. The van der Waals surface area contributed by atoms with Crippen molar-refractivity contribution in [2.24, 2.45) is 0 Å². The smallest absolute Gasteiger partial charge is 0.423 e. The monoisotopic (exact) mass is 309 g/mol. The molecule has 0 fully saturated rings. The fraction of sp³-hybridized carbons (Fsp3) is 0.545. The minimum absolute atomic E-state index is 0.139. The normalized spacial score (nSPS) is 11.7. The summed E-state index contributed by atoms with van der Waals surface area (Å²) in [6.45, 7) is 6.31. The highest BCUT2D eigenvalue weighted by atomic mass is 35.5. The molecule has 1 aromatic heterocycles. The lowest BCUT2D eigenvalue weighted by Gasteiger charge is -2.31. The quantitative estimate of drug-likeness (QED) is 0.474. The summed E-state index contributed by atoms with van der Waals surface area (Å²) < 4.78 is 0. The number of hydrogen-bond acceptors (Lipinski definition) is 5. The average molecular weight is 310 g/mol. The molecule has 0 unspecified atom stereocenters. The molecule has 0 spiro atoms. The van der Waals surface area contributed by atoms with Crippen LogP contribution in [0.4, 0.5) is 0 Å². The molecule has 8 heteroatoms. The van der Waals surface area contributed by atoms with E-state index < -0.39 is 18.3 Å². The van der Waals surface area contributed by atoms with Gasteiger partial charge in [0.2, 0.25) is 0 Å². The Balaban J connectivity index is 0.000000362. The number of rotatable bonds is 2. The topological polar surface area (TPSA) is 93.8 Å². The van der Waals surface area contributed by atoms with E-state index in [9.17, 15) is 0 Å². The van der Waals surface area contributed by atoms with Crippen molar-refractivity contribution in [3.8, 4) is 0 Å². The number of halogens is 2. The van der Waals surface area contributed by atoms with Gasteiger partial charge in [-0.1, -0.05) is 23.2 Å². The molecule has 19 heavy (non-hydrogen) atoms. The van der Waals surface area contributed by atoms with Gasteiger partial charge in [0, 0.05) is 0 Å². The van der Waals surface area contributed by atoms with Gasteiger partial charge < -0.3 is 20.3 Å². The van der Waals surface area contributed by atoms with Crippen LogP contribution < -0.4 is 5.46 Å². The summed E-state index contributed by atoms with van der Waals surface area (Å²) in [5.41, 5.74) is -1.78. The van der Waals surface area contributed by atoms with E-state index in [-0.39, 0.29) is 15.8 Å². The Hall–Kier alpha value is -0.365. The summed E-state index contributed by atoms with van der Waals surface area (Å²) in [4.78, 5) is 3.63. The third kappa shape index (κ3) is 7.10. The van der Waals surface area contributed by atoms with Crippen molar-refractivity contribution < 1.29 is 20.3 Å². The van der Waals surface area contributed by atoms with Crippen LogP contribution in [0.5, 0.6) is 0 Å². The lowest BCUT2D eigenvalue weighted by atomic mass is 9.81. The van der Waals surface area contributed by atoms with Crippen molar-refractivity contribution in [3.63, 3.8) is 0 Å². The first-order valence-corrected chi connectivity index (χ1v) is 6.24.